The Bertz CT molecular complexity index is 359. The molecule has 76 valence electrons. The highest BCUT2D eigenvalue weighted by atomic mass is 79.9. The van der Waals surface area contributed by atoms with Crippen molar-refractivity contribution in [3.05, 3.63) is 34.1 Å². The lowest BCUT2D eigenvalue weighted by Crippen LogP contribution is -2.19. The fourth-order valence-electron chi connectivity index (χ4n) is 1.11. The maximum Gasteiger partial charge on any atom is 0.235 e. The van der Waals surface area contributed by atoms with E-state index in [0.29, 0.717) is 10.0 Å². The molecule has 0 bridgehead atoms. The molecule has 0 saturated carbocycles. The van der Waals surface area contributed by atoms with E-state index in [1.807, 2.05) is 0 Å². The van der Waals surface area contributed by atoms with Crippen molar-refractivity contribution >= 4 is 33.6 Å². The van der Waals surface area contributed by atoms with Crippen LogP contribution in [0.4, 0.5) is 4.39 Å². The molecule has 0 radical (unpaired) electrons. The van der Waals surface area contributed by atoms with E-state index in [4.69, 9.17) is 5.73 Å². The van der Waals surface area contributed by atoms with Crippen LogP contribution in [0.15, 0.2) is 22.7 Å². The molecule has 1 atom stereocenters. The lowest BCUT2D eigenvalue weighted by atomic mass is 10.1. The zero-order valence-corrected chi connectivity index (χ0v) is 9.86. The molecule has 0 spiro atoms. The van der Waals surface area contributed by atoms with Gasteiger partial charge in [0.2, 0.25) is 5.91 Å². The number of hydrogen-bond donors (Lipinski definition) is 1. The predicted octanol–water partition coefficient (Wildman–Crippen LogP) is 2.48. The number of primary amides is 1. The molecule has 1 unspecified atom stereocenters. The Hall–Kier alpha value is -0.550. The van der Waals surface area contributed by atoms with Crippen LogP contribution in [0.25, 0.3) is 0 Å². The third-order valence-electron chi connectivity index (χ3n) is 1.74. The van der Waals surface area contributed by atoms with Crippen molar-refractivity contribution in [2.45, 2.75) is 5.25 Å². The fourth-order valence-corrected chi connectivity index (χ4v) is 2.12. The highest BCUT2D eigenvalue weighted by Crippen LogP contribution is 2.29. The van der Waals surface area contributed by atoms with Gasteiger partial charge in [0.1, 0.15) is 11.1 Å². The smallest absolute Gasteiger partial charge is 0.235 e. The van der Waals surface area contributed by atoms with Crippen molar-refractivity contribution in [1.29, 1.82) is 0 Å². The number of rotatable bonds is 3. The summed E-state index contributed by atoms with van der Waals surface area (Å²) < 4.78 is 14.0. The Morgan fingerprint density at radius 3 is 2.71 bits per heavy atom. The normalized spacial score (nSPS) is 12.5. The molecule has 0 aromatic heterocycles. The van der Waals surface area contributed by atoms with Gasteiger partial charge in [-0.2, -0.15) is 0 Å². The quantitative estimate of drug-likeness (QED) is 0.923. The van der Waals surface area contributed by atoms with Crippen LogP contribution >= 0.6 is 27.7 Å². The second-order valence-electron chi connectivity index (χ2n) is 2.68. The van der Waals surface area contributed by atoms with Gasteiger partial charge < -0.3 is 5.73 Å². The van der Waals surface area contributed by atoms with Crippen molar-refractivity contribution in [2.75, 3.05) is 6.26 Å². The number of halogens is 2. The first-order chi connectivity index (χ1) is 6.56. The number of thioether (sulfide) groups is 1. The molecule has 2 nitrogen and oxygen atoms in total. The van der Waals surface area contributed by atoms with Gasteiger partial charge in [-0.1, -0.05) is 22.0 Å². The Labute approximate surface area is 94.2 Å². The summed E-state index contributed by atoms with van der Waals surface area (Å²) in [6.45, 7) is 0. The van der Waals surface area contributed by atoms with Gasteiger partial charge in [-0.25, -0.2) is 4.39 Å². The van der Waals surface area contributed by atoms with Crippen LogP contribution in [0.2, 0.25) is 0 Å². The van der Waals surface area contributed by atoms with Crippen LogP contribution in [0, 0.1) is 5.82 Å². The molecule has 2 N–H and O–H groups in total. The van der Waals surface area contributed by atoms with Gasteiger partial charge >= 0.3 is 0 Å². The Morgan fingerprint density at radius 2 is 2.29 bits per heavy atom. The van der Waals surface area contributed by atoms with E-state index in [-0.39, 0.29) is 0 Å². The summed E-state index contributed by atoms with van der Waals surface area (Å²) >= 11 is 4.36. The minimum absolute atomic E-state index is 0.327. The number of nitrogens with two attached hydrogens (primary N) is 1. The van der Waals surface area contributed by atoms with E-state index in [2.05, 4.69) is 15.9 Å². The van der Waals surface area contributed by atoms with Crippen LogP contribution in [0.1, 0.15) is 10.8 Å². The van der Waals surface area contributed by atoms with Crippen molar-refractivity contribution in [2.24, 2.45) is 5.73 Å². The Balaban J connectivity index is 3.10. The molecule has 0 aliphatic heterocycles. The van der Waals surface area contributed by atoms with Gasteiger partial charge in [0.05, 0.1) is 0 Å². The molecule has 1 aromatic carbocycles. The second-order valence-corrected chi connectivity index (χ2v) is 4.54. The number of benzene rings is 1. The molecule has 0 aliphatic rings. The predicted molar refractivity (Wildman–Crippen MR) is 59.6 cm³/mol. The minimum Gasteiger partial charge on any atom is -0.368 e. The molecule has 0 heterocycles. The molecule has 1 amide bonds. The van der Waals surface area contributed by atoms with Crippen molar-refractivity contribution in [1.82, 2.24) is 0 Å². The van der Waals surface area contributed by atoms with Gasteiger partial charge in [0.15, 0.2) is 0 Å². The zero-order chi connectivity index (χ0) is 10.7. The number of carbonyl (C=O) groups is 1. The van der Waals surface area contributed by atoms with Gasteiger partial charge in [0, 0.05) is 10.0 Å². The van der Waals surface area contributed by atoms with Gasteiger partial charge in [-0.05, 0) is 18.4 Å². The van der Waals surface area contributed by atoms with Gasteiger partial charge in [0.25, 0.3) is 0 Å². The Morgan fingerprint density at radius 1 is 1.64 bits per heavy atom. The average molecular weight is 278 g/mol. The second kappa shape index (κ2) is 4.79. The van der Waals surface area contributed by atoms with E-state index in [1.54, 1.807) is 18.4 Å². The summed E-state index contributed by atoms with van der Waals surface area (Å²) in [7, 11) is 0. The van der Waals surface area contributed by atoms with Crippen LogP contribution < -0.4 is 5.73 Å². The summed E-state index contributed by atoms with van der Waals surface area (Å²) in [5, 5.41) is -0.622. The first-order valence-corrected chi connectivity index (χ1v) is 5.91. The monoisotopic (exact) mass is 277 g/mol. The van der Waals surface area contributed by atoms with Crippen LogP contribution in [-0.4, -0.2) is 12.2 Å². The van der Waals surface area contributed by atoms with E-state index in [1.165, 1.54) is 17.8 Å². The third-order valence-corrected chi connectivity index (χ3v) is 3.19. The summed E-state index contributed by atoms with van der Waals surface area (Å²) in [5.74, 6) is -0.948. The molecule has 0 saturated heterocycles. The molecule has 0 fully saturated rings. The first kappa shape index (κ1) is 11.5. The third kappa shape index (κ3) is 2.48. The molecular weight excluding hydrogens is 269 g/mol. The van der Waals surface area contributed by atoms with E-state index >= 15 is 0 Å². The molecular formula is C9H9BrFNOS. The summed E-state index contributed by atoms with van der Waals surface area (Å²) in [5.41, 5.74) is 5.48. The van der Waals surface area contributed by atoms with Gasteiger partial charge in [-0.15, -0.1) is 11.8 Å². The van der Waals surface area contributed by atoms with Crippen LogP contribution in [-0.2, 0) is 4.79 Å². The average Bonchev–Trinajstić information content (AvgIpc) is 2.09. The van der Waals surface area contributed by atoms with Crippen LogP contribution in [0.3, 0.4) is 0 Å². The largest absolute Gasteiger partial charge is 0.368 e. The standard InChI is InChI=1S/C9H9BrFNOS/c1-14-8(9(12)13)6-3-2-5(10)4-7(6)11/h2-4,8H,1H3,(H2,12,13). The minimum atomic E-state index is -0.622. The van der Waals surface area contributed by atoms with Crippen molar-refractivity contribution in [3.63, 3.8) is 0 Å². The zero-order valence-electron chi connectivity index (χ0n) is 7.46. The van der Waals surface area contributed by atoms with Crippen LogP contribution in [0.5, 0.6) is 0 Å². The SMILES string of the molecule is CSC(C(N)=O)c1ccc(Br)cc1F. The topological polar surface area (TPSA) is 43.1 Å². The summed E-state index contributed by atoms with van der Waals surface area (Å²) in [6.07, 6.45) is 1.72. The molecule has 1 aromatic rings. The van der Waals surface area contributed by atoms with Crippen molar-refractivity contribution < 1.29 is 9.18 Å². The number of hydrogen-bond acceptors (Lipinski definition) is 2. The maximum absolute atomic E-state index is 13.4. The highest BCUT2D eigenvalue weighted by Gasteiger charge is 2.19. The first-order valence-electron chi connectivity index (χ1n) is 3.83. The summed E-state index contributed by atoms with van der Waals surface area (Å²) in [4.78, 5) is 11.0. The lowest BCUT2D eigenvalue weighted by molar-refractivity contribution is -0.117. The lowest BCUT2D eigenvalue weighted by Gasteiger charge is -2.11. The number of amides is 1. The highest BCUT2D eigenvalue weighted by molar-refractivity contribution is 9.10. The molecule has 1 rings (SSSR count). The molecule has 14 heavy (non-hydrogen) atoms. The Kier molecular flexibility index (Phi) is 3.95. The molecule has 5 heteroatoms. The number of carbonyl (C=O) groups excluding carboxylic acids is 1. The van der Waals surface area contributed by atoms with E-state index in [0.717, 1.165) is 0 Å². The van der Waals surface area contributed by atoms with Gasteiger partial charge in [-0.3, -0.25) is 4.79 Å². The molecule has 0 aliphatic carbocycles. The summed E-state index contributed by atoms with van der Waals surface area (Å²) in [6, 6.07) is 4.57. The van der Waals surface area contributed by atoms with Crippen molar-refractivity contribution in [3.8, 4) is 0 Å². The fraction of sp³-hybridized carbons (Fsp3) is 0.222. The maximum atomic E-state index is 13.4. The van der Waals surface area contributed by atoms with E-state index < -0.39 is 17.0 Å². The van der Waals surface area contributed by atoms with E-state index in [9.17, 15) is 9.18 Å².